The number of nitrogens with one attached hydrogen (secondary N) is 1. The van der Waals surface area contributed by atoms with Crippen molar-refractivity contribution in [1.29, 1.82) is 0 Å². The van der Waals surface area contributed by atoms with Crippen molar-refractivity contribution in [2.75, 3.05) is 7.11 Å². The first kappa shape index (κ1) is 11.6. The second-order valence-electron chi connectivity index (χ2n) is 3.73. The molecule has 90 valence electrons. The van der Waals surface area contributed by atoms with Crippen LogP contribution >= 0.6 is 0 Å². The first-order chi connectivity index (χ1) is 8.26. The predicted molar refractivity (Wildman–Crippen MR) is 63.4 cm³/mol. The molecule has 0 aliphatic carbocycles. The Labute approximate surface area is 99.6 Å². The first-order valence-corrected chi connectivity index (χ1v) is 5.25. The molecule has 0 radical (unpaired) electrons. The molecule has 17 heavy (non-hydrogen) atoms. The number of pyridine rings is 1. The zero-order chi connectivity index (χ0) is 12.3. The summed E-state index contributed by atoms with van der Waals surface area (Å²) in [5, 5.41) is 0. The molecule has 0 aliphatic heterocycles. The van der Waals surface area contributed by atoms with Crippen LogP contribution in [-0.2, 0) is 0 Å². The van der Waals surface area contributed by atoms with Gasteiger partial charge in [-0.25, -0.2) is 5.43 Å². The van der Waals surface area contributed by atoms with Crippen molar-refractivity contribution in [3.8, 4) is 5.75 Å². The molecule has 0 amide bonds. The molecule has 1 atom stereocenters. The van der Waals surface area contributed by atoms with Crippen LogP contribution in [0.3, 0.4) is 0 Å². The van der Waals surface area contributed by atoms with Gasteiger partial charge in [-0.1, -0.05) is 0 Å². The second kappa shape index (κ2) is 4.99. The Morgan fingerprint density at radius 1 is 1.47 bits per heavy atom. The van der Waals surface area contributed by atoms with Crippen LogP contribution in [-0.4, -0.2) is 12.1 Å². The zero-order valence-corrected chi connectivity index (χ0v) is 9.81. The molecule has 5 nitrogen and oxygen atoms in total. The lowest BCUT2D eigenvalue weighted by molar-refractivity contribution is 0.409. The van der Waals surface area contributed by atoms with E-state index in [-0.39, 0.29) is 6.04 Å². The Bertz CT molecular complexity index is 496. The second-order valence-corrected chi connectivity index (χ2v) is 3.73. The van der Waals surface area contributed by atoms with Gasteiger partial charge in [0.1, 0.15) is 17.6 Å². The molecule has 2 heterocycles. The highest BCUT2D eigenvalue weighted by Gasteiger charge is 2.18. The summed E-state index contributed by atoms with van der Waals surface area (Å²) in [5.41, 5.74) is 4.65. The maximum Gasteiger partial charge on any atom is 0.137 e. The average molecular weight is 233 g/mol. The first-order valence-electron chi connectivity index (χ1n) is 5.25. The molecular formula is C12H15N3O2. The van der Waals surface area contributed by atoms with E-state index in [0.717, 1.165) is 16.9 Å². The maximum atomic E-state index is 5.58. The third-order valence-electron chi connectivity index (χ3n) is 2.63. The van der Waals surface area contributed by atoms with Crippen LogP contribution in [0.1, 0.15) is 22.9 Å². The van der Waals surface area contributed by atoms with Crippen molar-refractivity contribution in [1.82, 2.24) is 10.4 Å². The lowest BCUT2D eigenvalue weighted by Crippen LogP contribution is -2.29. The van der Waals surface area contributed by atoms with Crippen LogP contribution in [0.5, 0.6) is 5.75 Å². The van der Waals surface area contributed by atoms with E-state index in [2.05, 4.69) is 10.4 Å². The minimum absolute atomic E-state index is 0.229. The highest BCUT2D eigenvalue weighted by atomic mass is 16.5. The third kappa shape index (κ3) is 2.30. The monoisotopic (exact) mass is 233 g/mol. The largest absolute Gasteiger partial charge is 0.495 e. The highest BCUT2D eigenvalue weighted by Crippen LogP contribution is 2.26. The van der Waals surface area contributed by atoms with Crippen LogP contribution in [0.2, 0.25) is 0 Å². The lowest BCUT2D eigenvalue weighted by atomic mass is 10.0. The quantitative estimate of drug-likeness (QED) is 0.619. The van der Waals surface area contributed by atoms with Crippen molar-refractivity contribution >= 4 is 0 Å². The van der Waals surface area contributed by atoms with Gasteiger partial charge in [-0.2, -0.15) is 0 Å². The summed E-state index contributed by atoms with van der Waals surface area (Å²) >= 11 is 0. The van der Waals surface area contributed by atoms with E-state index in [4.69, 9.17) is 15.0 Å². The van der Waals surface area contributed by atoms with Crippen LogP contribution in [0.25, 0.3) is 0 Å². The van der Waals surface area contributed by atoms with Gasteiger partial charge in [0, 0.05) is 6.20 Å². The van der Waals surface area contributed by atoms with E-state index in [1.165, 1.54) is 0 Å². The van der Waals surface area contributed by atoms with E-state index >= 15 is 0 Å². The van der Waals surface area contributed by atoms with Crippen LogP contribution in [0, 0.1) is 6.92 Å². The van der Waals surface area contributed by atoms with E-state index in [1.807, 2.05) is 19.1 Å². The number of nitrogens with two attached hydrogens (primary N) is 1. The van der Waals surface area contributed by atoms with Gasteiger partial charge >= 0.3 is 0 Å². The predicted octanol–water partition coefficient (Wildman–Crippen LogP) is 1.54. The molecule has 2 aromatic heterocycles. The standard InChI is InChI=1S/C12H15N3O2/c1-8-3-4-17-12(8)11(15-13)9-5-10(16-2)7-14-6-9/h3-7,11,15H,13H2,1-2H3. The van der Waals surface area contributed by atoms with Gasteiger partial charge in [0.2, 0.25) is 0 Å². The number of aryl methyl sites for hydroxylation is 1. The van der Waals surface area contributed by atoms with Crippen LogP contribution < -0.4 is 16.0 Å². The molecule has 0 fully saturated rings. The average Bonchev–Trinajstić information content (AvgIpc) is 2.77. The number of ether oxygens (including phenoxy) is 1. The van der Waals surface area contributed by atoms with Gasteiger partial charge < -0.3 is 9.15 Å². The van der Waals surface area contributed by atoms with Crippen molar-refractivity contribution < 1.29 is 9.15 Å². The Balaban J connectivity index is 2.38. The van der Waals surface area contributed by atoms with Crippen molar-refractivity contribution in [3.63, 3.8) is 0 Å². The number of aromatic nitrogens is 1. The van der Waals surface area contributed by atoms with Crippen molar-refractivity contribution in [2.24, 2.45) is 5.84 Å². The Morgan fingerprint density at radius 3 is 2.88 bits per heavy atom. The molecule has 0 aliphatic rings. The summed E-state index contributed by atoms with van der Waals surface area (Å²) in [6, 6.07) is 3.54. The summed E-state index contributed by atoms with van der Waals surface area (Å²) < 4.78 is 10.6. The van der Waals surface area contributed by atoms with Crippen molar-refractivity contribution in [3.05, 3.63) is 47.7 Å². The summed E-state index contributed by atoms with van der Waals surface area (Å²) in [4.78, 5) is 4.10. The van der Waals surface area contributed by atoms with Gasteiger partial charge in [0.25, 0.3) is 0 Å². The van der Waals surface area contributed by atoms with Gasteiger partial charge in [-0.15, -0.1) is 0 Å². The summed E-state index contributed by atoms with van der Waals surface area (Å²) in [5.74, 6) is 7.04. The van der Waals surface area contributed by atoms with Gasteiger partial charge in [-0.3, -0.25) is 10.8 Å². The summed E-state index contributed by atoms with van der Waals surface area (Å²) in [6.07, 6.45) is 5.02. The van der Waals surface area contributed by atoms with E-state index < -0.39 is 0 Å². The van der Waals surface area contributed by atoms with E-state index in [9.17, 15) is 0 Å². The van der Waals surface area contributed by atoms with E-state index in [0.29, 0.717) is 5.75 Å². The zero-order valence-electron chi connectivity index (χ0n) is 9.81. The normalized spacial score (nSPS) is 12.4. The van der Waals surface area contributed by atoms with Crippen molar-refractivity contribution in [2.45, 2.75) is 13.0 Å². The molecule has 0 spiro atoms. The number of furan rings is 1. The number of hydrazine groups is 1. The number of rotatable bonds is 4. The minimum Gasteiger partial charge on any atom is -0.495 e. The van der Waals surface area contributed by atoms with Gasteiger partial charge in [-0.05, 0) is 30.2 Å². The minimum atomic E-state index is -0.229. The smallest absolute Gasteiger partial charge is 0.137 e. The fourth-order valence-electron chi connectivity index (χ4n) is 1.71. The molecular weight excluding hydrogens is 218 g/mol. The molecule has 0 saturated carbocycles. The number of methoxy groups -OCH3 is 1. The third-order valence-corrected chi connectivity index (χ3v) is 2.63. The molecule has 5 heteroatoms. The highest BCUT2D eigenvalue weighted by molar-refractivity contribution is 5.33. The number of hydrogen-bond acceptors (Lipinski definition) is 5. The summed E-state index contributed by atoms with van der Waals surface area (Å²) in [6.45, 7) is 1.97. The molecule has 3 N–H and O–H groups in total. The molecule has 2 aromatic rings. The molecule has 0 bridgehead atoms. The van der Waals surface area contributed by atoms with Gasteiger partial charge in [0.15, 0.2) is 0 Å². The van der Waals surface area contributed by atoms with Crippen LogP contribution in [0.15, 0.2) is 35.2 Å². The Morgan fingerprint density at radius 2 is 2.29 bits per heavy atom. The Kier molecular flexibility index (Phi) is 3.41. The molecule has 1 unspecified atom stereocenters. The van der Waals surface area contributed by atoms with E-state index in [1.54, 1.807) is 25.8 Å². The number of hydrogen-bond donors (Lipinski definition) is 2. The Hall–Kier alpha value is -1.85. The molecule has 0 aromatic carbocycles. The molecule has 0 saturated heterocycles. The van der Waals surface area contributed by atoms with Gasteiger partial charge in [0.05, 0.1) is 19.6 Å². The topological polar surface area (TPSA) is 73.3 Å². The lowest BCUT2D eigenvalue weighted by Gasteiger charge is -2.15. The SMILES string of the molecule is COc1cncc(C(NN)c2occc2C)c1. The maximum absolute atomic E-state index is 5.58. The summed E-state index contributed by atoms with van der Waals surface area (Å²) in [7, 11) is 1.60. The fourth-order valence-corrected chi connectivity index (χ4v) is 1.71. The number of nitrogens with zero attached hydrogens (tertiary/aromatic N) is 1. The van der Waals surface area contributed by atoms with Crippen LogP contribution in [0.4, 0.5) is 0 Å². The fraction of sp³-hybridized carbons (Fsp3) is 0.250. The molecule has 2 rings (SSSR count).